The molecule has 0 aromatic carbocycles. The van der Waals surface area contributed by atoms with Crippen LogP contribution in [0.3, 0.4) is 0 Å². The summed E-state index contributed by atoms with van der Waals surface area (Å²) in [6.45, 7) is 0. The Morgan fingerprint density at radius 3 is 3.08 bits per heavy atom. The maximum Gasteiger partial charge on any atom is 0.148 e. The summed E-state index contributed by atoms with van der Waals surface area (Å²) in [7, 11) is 1.58. The first-order chi connectivity index (χ1) is 5.83. The van der Waals surface area contributed by atoms with Crippen molar-refractivity contribution in [2.45, 2.75) is 0 Å². The Labute approximate surface area is 73.5 Å². The van der Waals surface area contributed by atoms with Crippen molar-refractivity contribution in [2.75, 3.05) is 7.11 Å². The van der Waals surface area contributed by atoms with Gasteiger partial charge in [-0.25, -0.2) is 9.97 Å². The van der Waals surface area contributed by atoms with E-state index in [-0.39, 0.29) is 0 Å². The van der Waals surface area contributed by atoms with Gasteiger partial charge in [0.25, 0.3) is 0 Å². The van der Waals surface area contributed by atoms with E-state index in [0.29, 0.717) is 16.5 Å². The van der Waals surface area contributed by atoms with Crippen molar-refractivity contribution < 1.29 is 4.74 Å². The largest absolute Gasteiger partial charge is 0.494 e. The Morgan fingerprint density at radius 2 is 2.33 bits per heavy atom. The average molecular weight is 184 g/mol. The van der Waals surface area contributed by atoms with Gasteiger partial charge in [-0.2, -0.15) is 0 Å². The highest BCUT2D eigenvalue weighted by molar-refractivity contribution is 6.34. The lowest BCUT2D eigenvalue weighted by Crippen LogP contribution is -1.83. The zero-order chi connectivity index (χ0) is 8.55. The molecule has 0 aliphatic rings. The van der Waals surface area contributed by atoms with E-state index in [9.17, 15) is 0 Å². The number of fused-ring (bicyclic) bond motifs is 1. The van der Waals surface area contributed by atoms with Gasteiger partial charge in [0.15, 0.2) is 0 Å². The van der Waals surface area contributed by atoms with Gasteiger partial charge in [-0.1, -0.05) is 11.6 Å². The van der Waals surface area contributed by atoms with E-state index in [0.717, 1.165) is 5.39 Å². The van der Waals surface area contributed by atoms with E-state index in [1.54, 1.807) is 13.3 Å². The first-order valence-corrected chi connectivity index (χ1v) is 3.72. The smallest absolute Gasteiger partial charge is 0.148 e. The quantitative estimate of drug-likeness (QED) is 0.684. The molecule has 0 saturated heterocycles. The maximum atomic E-state index is 5.83. The predicted molar refractivity (Wildman–Crippen MR) is 45.5 cm³/mol. The fourth-order valence-corrected chi connectivity index (χ4v) is 1.29. The Morgan fingerprint density at radius 1 is 1.50 bits per heavy atom. The fourth-order valence-electron chi connectivity index (χ4n) is 1.06. The van der Waals surface area contributed by atoms with Gasteiger partial charge in [0.1, 0.15) is 22.9 Å². The number of methoxy groups -OCH3 is 1. The molecule has 0 unspecified atom stereocenters. The predicted octanol–water partition coefficient (Wildman–Crippen LogP) is 1.62. The molecule has 0 amide bonds. The van der Waals surface area contributed by atoms with Crippen molar-refractivity contribution in [1.82, 2.24) is 15.0 Å². The Balaban J connectivity index is 2.83. The number of hydrogen-bond donors (Lipinski definition) is 1. The van der Waals surface area contributed by atoms with Crippen LogP contribution in [-0.4, -0.2) is 22.1 Å². The topological polar surface area (TPSA) is 50.8 Å². The molecule has 12 heavy (non-hydrogen) atoms. The summed E-state index contributed by atoms with van der Waals surface area (Å²) in [6.07, 6.45) is 3.10. The van der Waals surface area contributed by atoms with Gasteiger partial charge in [-0.05, 0) is 0 Å². The summed E-state index contributed by atoms with van der Waals surface area (Å²) in [6, 6.07) is 0. The van der Waals surface area contributed by atoms with Crippen molar-refractivity contribution in [3.05, 3.63) is 17.7 Å². The molecule has 0 atom stereocenters. The van der Waals surface area contributed by atoms with Gasteiger partial charge in [0, 0.05) is 6.20 Å². The molecule has 0 bridgehead atoms. The van der Waals surface area contributed by atoms with Gasteiger partial charge in [-0.15, -0.1) is 0 Å². The van der Waals surface area contributed by atoms with E-state index >= 15 is 0 Å². The lowest BCUT2D eigenvalue weighted by Gasteiger charge is -1.95. The van der Waals surface area contributed by atoms with Crippen LogP contribution in [0.5, 0.6) is 5.75 Å². The normalized spacial score (nSPS) is 10.5. The lowest BCUT2D eigenvalue weighted by molar-refractivity contribution is 0.419. The van der Waals surface area contributed by atoms with Crippen LogP contribution in [0.25, 0.3) is 11.0 Å². The number of ether oxygens (including phenoxy) is 1. The van der Waals surface area contributed by atoms with Crippen molar-refractivity contribution in [3.63, 3.8) is 0 Å². The molecule has 62 valence electrons. The summed E-state index contributed by atoms with van der Waals surface area (Å²) in [5.41, 5.74) is 0.687. The highest BCUT2D eigenvalue weighted by Crippen LogP contribution is 2.28. The Kier molecular flexibility index (Phi) is 1.62. The van der Waals surface area contributed by atoms with Crippen LogP contribution in [0.4, 0.5) is 0 Å². The van der Waals surface area contributed by atoms with E-state index in [4.69, 9.17) is 16.3 Å². The molecule has 2 aromatic heterocycles. The van der Waals surface area contributed by atoms with Gasteiger partial charge in [0.2, 0.25) is 0 Å². The molecule has 0 aliphatic carbocycles. The van der Waals surface area contributed by atoms with Gasteiger partial charge in [0.05, 0.1) is 12.5 Å². The average Bonchev–Trinajstić information content (AvgIpc) is 2.49. The molecule has 5 heteroatoms. The fraction of sp³-hybridized carbons (Fsp3) is 0.143. The van der Waals surface area contributed by atoms with Crippen LogP contribution >= 0.6 is 11.6 Å². The summed E-state index contributed by atoms with van der Waals surface area (Å²) in [5.74, 6) is 0.663. The molecular formula is C7H6ClN3O. The minimum atomic E-state index is 0.401. The van der Waals surface area contributed by atoms with Crippen LogP contribution in [0.15, 0.2) is 12.5 Å². The number of H-pyrrole nitrogens is 1. The van der Waals surface area contributed by atoms with E-state index < -0.39 is 0 Å². The monoisotopic (exact) mass is 183 g/mol. The molecule has 0 spiro atoms. The molecule has 2 rings (SSSR count). The third kappa shape index (κ3) is 0.921. The Bertz CT molecular complexity index is 412. The zero-order valence-corrected chi connectivity index (χ0v) is 7.09. The van der Waals surface area contributed by atoms with E-state index in [1.165, 1.54) is 6.33 Å². The number of aromatic nitrogens is 3. The standard InChI is InChI=1S/C7H6ClN3O/c1-12-4-2-9-7-5(4)6(8)10-3-11-7/h2-3H,1H3,(H,9,10,11). The van der Waals surface area contributed by atoms with Crippen LogP contribution in [-0.2, 0) is 0 Å². The van der Waals surface area contributed by atoms with Crippen LogP contribution < -0.4 is 4.74 Å². The van der Waals surface area contributed by atoms with Gasteiger partial charge < -0.3 is 9.72 Å². The first-order valence-electron chi connectivity index (χ1n) is 3.34. The van der Waals surface area contributed by atoms with Crippen LogP contribution in [0.2, 0.25) is 5.15 Å². The number of nitrogens with one attached hydrogen (secondary N) is 1. The summed E-state index contributed by atoms with van der Waals surface area (Å²) < 4.78 is 5.05. The summed E-state index contributed by atoms with van der Waals surface area (Å²) in [5, 5.41) is 1.12. The molecule has 0 saturated carbocycles. The van der Waals surface area contributed by atoms with Crippen LogP contribution in [0, 0.1) is 0 Å². The second-order valence-electron chi connectivity index (χ2n) is 2.25. The van der Waals surface area contributed by atoms with Gasteiger partial charge in [-0.3, -0.25) is 0 Å². The van der Waals surface area contributed by atoms with Crippen molar-refractivity contribution in [2.24, 2.45) is 0 Å². The third-order valence-corrected chi connectivity index (χ3v) is 1.89. The van der Waals surface area contributed by atoms with Crippen LogP contribution in [0.1, 0.15) is 0 Å². The Hall–Kier alpha value is -1.29. The molecule has 0 aliphatic heterocycles. The van der Waals surface area contributed by atoms with Crippen molar-refractivity contribution in [1.29, 1.82) is 0 Å². The van der Waals surface area contributed by atoms with E-state index in [1.807, 2.05) is 0 Å². The molecule has 0 fully saturated rings. The summed E-state index contributed by atoms with van der Waals surface area (Å²) >= 11 is 5.83. The first kappa shape index (κ1) is 7.36. The summed E-state index contributed by atoms with van der Waals surface area (Å²) in [4.78, 5) is 10.7. The molecule has 0 radical (unpaired) electrons. The van der Waals surface area contributed by atoms with Crippen molar-refractivity contribution in [3.8, 4) is 5.75 Å². The van der Waals surface area contributed by atoms with E-state index in [2.05, 4.69) is 15.0 Å². The molecular weight excluding hydrogens is 178 g/mol. The molecule has 4 nitrogen and oxygen atoms in total. The second-order valence-corrected chi connectivity index (χ2v) is 2.60. The number of nitrogens with zero attached hydrogens (tertiary/aromatic N) is 2. The number of aromatic amines is 1. The van der Waals surface area contributed by atoms with Crippen molar-refractivity contribution >= 4 is 22.6 Å². The lowest BCUT2D eigenvalue weighted by atomic mass is 10.4. The minimum Gasteiger partial charge on any atom is -0.494 e. The SMILES string of the molecule is COc1c[nH]c2ncnc(Cl)c12. The number of rotatable bonds is 1. The van der Waals surface area contributed by atoms with Gasteiger partial charge >= 0.3 is 0 Å². The molecule has 2 aromatic rings. The highest BCUT2D eigenvalue weighted by atomic mass is 35.5. The highest BCUT2D eigenvalue weighted by Gasteiger charge is 2.08. The maximum absolute atomic E-state index is 5.83. The number of halogens is 1. The third-order valence-electron chi connectivity index (χ3n) is 1.61. The zero-order valence-electron chi connectivity index (χ0n) is 6.34. The second kappa shape index (κ2) is 2.64. The number of hydrogen-bond acceptors (Lipinski definition) is 3. The minimum absolute atomic E-state index is 0.401. The molecule has 1 N–H and O–H groups in total. The molecule has 2 heterocycles.